The predicted molar refractivity (Wildman–Crippen MR) is 73.8 cm³/mol. The quantitative estimate of drug-likeness (QED) is 0.509. The van der Waals surface area contributed by atoms with E-state index in [-0.39, 0.29) is 5.95 Å². The Balaban J connectivity index is 2.07. The van der Waals surface area contributed by atoms with Gasteiger partial charge in [-0.3, -0.25) is 5.43 Å². The molecule has 0 unspecified atom stereocenters. The van der Waals surface area contributed by atoms with E-state index >= 15 is 0 Å². The summed E-state index contributed by atoms with van der Waals surface area (Å²) in [4.78, 5) is 16.5. The standard InChI is InChI=1S/C11H14N10/c1-7(2)8-3-4-20(19-8)10-15-9(18-12)16-11(17-10)21-6-13-5-14-21/h3-7H,12H2,1-2H3,(H,15,16,17,18). The molecule has 0 aliphatic heterocycles. The molecule has 3 aromatic heterocycles. The molecule has 108 valence electrons. The monoisotopic (exact) mass is 286 g/mol. The lowest BCUT2D eigenvalue weighted by Gasteiger charge is -2.06. The minimum absolute atomic E-state index is 0.215. The number of nitrogen functional groups attached to an aromatic ring is 1. The van der Waals surface area contributed by atoms with Crippen LogP contribution in [-0.2, 0) is 0 Å². The highest BCUT2D eigenvalue weighted by atomic mass is 15.4. The normalized spacial score (nSPS) is 11.0. The first kappa shape index (κ1) is 13.1. The summed E-state index contributed by atoms with van der Waals surface area (Å²) >= 11 is 0. The van der Waals surface area contributed by atoms with Gasteiger partial charge in [-0.05, 0) is 12.0 Å². The molecule has 3 rings (SSSR count). The second kappa shape index (κ2) is 5.25. The van der Waals surface area contributed by atoms with Crippen molar-refractivity contribution in [2.24, 2.45) is 5.84 Å². The number of hydrogen-bond acceptors (Lipinski definition) is 8. The number of rotatable bonds is 4. The van der Waals surface area contributed by atoms with E-state index in [2.05, 4.69) is 49.4 Å². The Morgan fingerprint density at radius 3 is 2.48 bits per heavy atom. The van der Waals surface area contributed by atoms with E-state index < -0.39 is 0 Å². The molecule has 0 spiro atoms. The molecule has 0 saturated heterocycles. The fourth-order valence-corrected chi connectivity index (χ4v) is 1.69. The van der Waals surface area contributed by atoms with Crippen LogP contribution in [0.15, 0.2) is 24.9 Å². The van der Waals surface area contributed by atoms with Gasteiger partial charge in [0, 0.05) is 6.20 Å². The molecule has 0 atom stereocenters. The molecule has 0 aromatic carbocycles. The molecule has 0 fully saturated rings. The summed E-state index contributed by atoms with van der Waals surface area (Å²) in [6.45, 7) is 4.13. The number of anilines is 1. The van der Waals surface area contributed by atoms with Gasteiger partial charge in [0.05, 0.1) is 5.69 Å². The lowest BCUT2D eigenvalue weighted by molar-refractivity contribution is 0.718. The van der Waals surface area contributed by atoms with E-state index in [9.17, 15) is 0 Å². The number of nitrogens with two attached hydrogens (primary N) is 1. The molecule has 0 aliphatic rings. The van der Waals surface area contributed by atoms with Gasteiger partial charge >= 0.3 is 0 Å². The highest BCUT2D eigenvalue weighted by Gasteiger charge is 2.12. The van der Waals surface area contributed by atoms with Gasteiger partial charge in [-0.15, -0.1) is 0 Å². The van der Waals surface area contributed by atoms with Gasteiger partial charge < -0.3 is 0 Å². The van der Waals surface area contributed by atoms with Crippen LogP contribution in [-0.4, -0.2) is 39.5 Å². The zero-order valence-electron chi connectivity index (χ0n) is 11.5. The summed E-state index contributed by atoms with van der Waals surface area (Å²) in [5, 5.41) is 8.41. The molecule has 21 heavy (non-hydrogen) atoms. The van der Waals surface area contributed by atoms with Crippen LogP contribution in [0.1, 0.15) is 25.5 Å². The maximum absolute atomic E-state index is 5.39. The molecule has 0 aliphatic carbocycles. The van der Waals surface area contributed by atoms with Gasteiger partial charge in [0.25, 0.3) is 11.9 Å². The third-order valence-electron chi connectivity index (χ3n) is 2.77. The lowest BCUT2D eigenvalue weighted by atomic mass is 10.1. The van der Waals surface area contributed by atoms with Crippen molar-refractivity contribution in [1.82, 2.24) is 39.5 Å². The van der Waals surface area contributed by atoms with Gasteiger partial charge in [-0.1, -0.05) is 13.8 Å². The molecule has 0 radical (unpaired) electrons. The van der Waals surface area contributed by atoms with Gasteiger partial charge in [0.1, 0.15) is 12.7 Å². The molecular weight excluding hydrogens is 272 g/mol. The fraction of sp³-hybridized carbons (Fsp3) is 0.273. The summed E-state index contributed by atoms with van der Waals surface area (Å²) in [6.07, 6.45) is 4.67. The highest BCUT2D eigenvalue weighted by Crippen LogP contribution is 2.13. The van der Waals surface area contributed by atoms with Crippen molar-refractivity contribution in [3.8, 4) is 11.9 Å². The maximum atomic E-state index is 5.39. The van der Waals surface area contributed by atoms with Gasteiger partial charge in [-0.25, -0.2) is 15.5 Å². The number of hydrazine groups is 1. The van der Waals surface area contributed by atoms with E-state index in [0.29, 0.717) is 17.8 Å². The van der Waals surface area contributed by atoms with Crippen LogP contribution in [0.25, 0.3) is 11.9 Å². The zero-order chi connectivity index (χ0) is 14.8. The van der Waals surface area contributed by atoms with Crippen LogP contribution >= 0.6 is 0 Å². The van der Waals surface area contributed by atoms with Crippen LogP contribution in [0.2, 0.25) is 0 Å². The minimum atomic E-state index is 0.215. The summed E-state index contributed by atoms with van der Waals surface area (Å²) in [5.41, 5.74) is 3.35. The van der Waals surface area contributed by atoms with Crippen molar-refractivity contribution < 1.29 is 0 Å². The van der Waals surface area contributed by atoms with Crippen LogP contribution in [0.3, 0.4) is 0 Å². The van der Waals surface area contributed by atoms with Crippen LogP contribution in [0.4, 0.5) is 5.95 Å². The fourth-order valence-electron chi connectivity index (χ4n) is 1.69. The first-order chi connectivity index (χ1) is 10.2. The predicted octanol–water partition coefficient (Wildman–Crippen LogP) is 0.0470. The molecule has 10 heteroatoms. The second-order valence-electron chi connectivity index (χ2n) is 4.58. The summed E-state index contributed by atoms with van der Waals surface area (Å²) in [6, 6.07) is 1.92. The van der Waals surface area contributed by atoms with Crippen LogP contribution < -0.4 is 11.3 Å². The smallest absolute Gasteiger partial charge is 0.258 e. The largest absolute Gasteiger partial charge is 0.292 e. The van der Waals surface area contributed by atoms with Crippen LogP contribution in [0, 0.1) is 0 Å². The SMILES string of the molecule is CC(C)c1ccn(-c2nc(NN)nc(-n3cncn3)n2)n1. The average Bonchev–Trinajstić information content (AvgIpc) is 3.18. The first-order valence-corrected chi connectivity index (χ1v) is 6.31. The summed E-state index contributed by atoms with van der Waals surface area (Å²) in [7, 11) is 0. The van der Waals surface area contributed by atoms with Gasteiger partial charge in [-0.2, -0.15) is 29.8 Å². The molecule has 10 nitrogen and oxygen atoms in total. The molecule has 3 N–H and O–H groups in total. The Labute approximate surface area is 120 Å². The zero-order valence-corrected chi connectivity index (χ0v) is 11.5. The van der Waals surface area contributed by atoms with Crippen molar-refractivity contribution >= 4 is 5.95 Å². The Hall–Kier alpha value is -2.88. The molecule has 3 heterocycles. The Morgan fingerprint density at radius 1 is 1.14 bits per heavy atom. The van der Waals surface area contributed by atoms with Crippen molar-refractivity contribution in [1.29, 1.82) is 0 Å². The Morgan fingerprint density at radius 2 is 1.90 bits per heavy atom. The number of nitrogens with zero attached hydrogens (tertiary/aromatic N) is 8. The molecule has 0 bridgehead atoms. The number of nitrogens with one attached hydrogen (secondary N) is 1. The third-order valence-corrected chi connectivity index (χ3v) is 2.77. The molecule has 0 saturated carbocycles. The Bertz CT molecular complexity index is 729. The highest BCUT2D eigenvalue weighted by molar-refractivity contribution is 5.31. The van der Waals surface area contributed by atoms with E-state index in [0.717, 1.165) is 5.69 Å². The lowest BCUT2D eigenvalue weighted by Crippen LogP contribution is -2.16. The van der Waals surface area contributed by atoms with E-state index in [1.54, 1.807) is 10.9 Å². The van der Waals surface area contributed by atoms with Crippen molar-refractivity contribution in [2.75, 3.05) is 5.43 Å². The van der Waals surface area contributed by atoms with E-state index in [1.807, 2.05) is 6.07 Å². The van der Waals surface area contributed by atoms with Gasteiger partial charge in [0.2, 0.25) is 5.95 Å². The van der Waals surface area contributed by atoms with E-state index in [4.69, 9.17) is 5.84 Å². The van der Waals surface area contributed by atoms with Crippen LogP contribution in [0.5, 0.6) is 0 Å². The maximum Gasteiger partial charge on any atom is 0.258 e. The third kappa shape index (κ3) is 2.56. The molecule has 3 aromatic rings. The minimum Gasteiger partial charge on any atom is -0.292 e. The Kier molecular flexibility index (Phi) is 3.28. The second-order valence-corrected chi connectivity index (χ2v) is 4.58. The van der Waals surface area contributed by atoms with Gasteiger partial charge in [0.15, 0.2) is 0 Å². The molecule has 0 amide bonds. The van der Waals surface area contributed by atoms with E-state index in [1.165, 1.54) is 17.3 Å². The van der Waals surface area contributed by atoms with Crippen molar-refractivity contribution in [3.63, 3.8) is 0 Å². The summed E-state index contributed by atoms with van der Waals surface area (Å²) in [5.74, 6) is 6.57. The number of aromatic nitrogens is 8. The average molecular weight is 286 g/mol. The molecular formula is C11H14N10. The summed E-state index contributed by atoms with van der Waals surface area (Å²) < 4.78 is 2.98. The topological polar surface area (TPSA) is 125 Å². The first-order valence-electron chi connectivity index (χ1n) is 6.31. The van der Waals surface area contributed by atoms with Crippen molar-refractivity contribution in [3.05, 3.63) is 30.6 Å². The van der Waals surface area contributed by atoms with Crippen molar-refractivity contribution in [2.45, 2.75) is 19.8 Å². The number of hydrogen-bond donors (Lipinski definition) is 2.